The zero-order valence-electron chi connectivity index (χ0n) is 16.3. The molecule has 1 aromatic carbocycles. The number of nitrogens with zero attached hydrogens (tertiary/aromatic N) is 1. The molecule has 1 aromatic rings. The van der Waals surface area contributed by atoms with Crippen LogP contribution in [0.15, 0.2) is 23.1 Å². The molecule has 26 heavy (non-hydrogen) atoms. The maximum absolute atomic E-state index is 12.3. The van der Waals surface area contributed by atoms with Crippen molar-refractivity contribution < 1.29 is 14.3 Å². The van der Waals surface area contributed by atoms with Crippen molar-refractivity contribution in [1.29, 1.82) is 0 Å². The number of rotatable bonds is 9. The fraction of sp³-hybridized carbons (Fsp3) is 0.650. The lowest BCUT2D eigenvalue weighted by molar-refractivity contribution is -0.120. The number of benzene rings is 1. The molecule has 1 saturated heterocycles. The van der Waals surface area contributed by atoms with Gasteiger partial charge in [0.05, 0.1) is 19.5 Å². The third-order valence-corrected chi connectivity index (χ3v) is 5.78. The normalized spacial score (nSPS) is 16.6. The number of carbonyl (C=O) groups excluding carboxylic acids is 1. The monoisotopic (exact) mass is 380 g/mol. The van der Waals surface area contributed by atoms with Crippen LogP contribution in [-0.4, -0.2) is 56.5 Å². The molecule has 1 amide bonds. The molecule has 1 fully saturated rings. The molecule has 2 rings (SSSR count). The van der Waals surface area contributed by atoms with Crippen LogP contribution in [0.1, 0.15) is 39.0 Å². The van der Waals surface area contributed by atoms with Gasteiger partial charge >= 0.3 is 0 Å². The van der Waals surface area contributed by atoms with Crippen LogP contribution in [0.2, 0.25) is 0 Å². The summed E-state index contributed by atoms with van der Waals surface area (Å²) in [7, 11) is 3.24. The molecular formula is C20H32N2O3S. The number of carbonyl (C=O) groups is 1. The van der Waals surface area contributed by atoms with Crippen molar-refractivity contribution in [3.63, 3.8) is 0 Å². The SMILES string of the molecule is COc1ccc(S[C@@H](C)C(=O)NCCCN2CCCCCC2)cc1OC. The van der Waals surface area contributed by atoms with E-state index in [4.69, 9.17) is 9.47 Å². The van der Waals surface area contributed by atoms with Gasteiger partial charge in [0.1, 0.15) is 0 Å². The third kappa shape index (κ3) is 6.72. The summed E-state index contributed by atoms with van der Waals surface area (Å²) in [4.78, 5) is 15.9. The highest BCUT2D eigenvalue weighted by Crippen LogP contribution is 2.33. The van der Waals surface area contributed by atoms with Gasteiger partial charge in [0, 0.05) is 11.4 Å². The molecule has 0 aromatic heterocycles. The van der Waals surface area contributed by atoms with E-state index in [0.29, 0.717) is 11.5 Å². The Bertz CT molecular complexity index is 560. The van der Waals surface area contributed by atoms with Crippen LogP contribution in [0.4, 0.5) is 0 Å². The second kappa shape index (κ2) is 11.3. The molecule has 5 nitrogen and oxygen atoms in total. The first kappa shape index (κ1) is 20.9. The Morgan fingerprint density at radius 1 is 1.15 bits per heavy atom. The highest BCUT2D eigenvalue weighted by atomic mass is 32.2. The van der Waals surface area contributed by atoms with Crippen LogP contribution in [0.5, 0.6) is 11.5 Å². The number of hydrogen-bond acceptors (Lipinski definition) is 5. The fourth-order valence-electron chi connectivity index (χ4n) is 3.17. The number of methoxy groups -OCH3 is 2. The van der Waals surface area contributed by atoms with Crippen molar-refractivity contribution in [2.24, 2.45) is 0 Å². The molecule has 0 aliphatic carbocycles. The summed E-state index contributed by atoms with van der Waals surface area (Å²) < 4.78 is 10.6. The number of likely N-dealkylation sites (tertiary alicyclic amines) is 1. The van der Waals surface area contributed by atoms with Crippen molar-refractivity contribution in [3.8, 4) is 11.5 Å². The Balaban J connectivity index is 1.71. The molecule has 0 unspecified atom stereocenters. The topological polar surface area (TPSA) is 50.8 Å². The number of hydrogen-bond donors (Lipinski definition) is 1. The lowest BCUT2D eigenvalue weighted by Gasteiger charge is -2.20. The number of amides is 1. The van der Waals surface area contributed by atoms with E-state index in [1.165, 1.54) is 50.5 Å². The highest BCUT2D eigenvalue weighted by Gasteiger charge is 2.15. The maximum Gasteiger partial charge on any atom is 0.233 e. The summed E-state index contributed by atoms with van der Waals surface area (Å²) in [6, 6.07) is 5.73. The Morgan fingerprint density at radius 2 is 1.85 bits per heavy atom. The lowest BCUT2D eigenvalue weighted by atomic mass is 10.2. The van der Waals surface area contributed by atoms with Crippen LogP contribution in [0.3, 0.4) is 0 Å². The second-order valence-electron chi connectivity index (χ2n) is 6.68. The summed E-state index contributed by atoms with van der Waals surface area (Å²) in [5.74, 6) is 1.46. The number of nitrogens with one attached hydrogen (secondary N) is 1. The molecule has 0 bridgehead atoms. The molecule has 1 heterocycles. The van der Waals surface area contributed by atoms with Crippen LogP contribution < -0.4 is 14.8 Å². The van der Waals surface area contributed by atoms with Gasteiger partial charge in [-0.3, -0.25) is 4.79 Å². The molecule has 1 aliphatic rings. The summed E-state index contributed by atoms with van der Waals surface area (Å²) >= 11 is 1.53. The fourth-order valence-corrected chi connectivity index (χ4v) is 4.09. The van der Waals surface area contributed by atoms with Gasteiger partial charge in [-0.15, -0.1) is 11.8 Å². The second-order valence-corrected chi connectivity index (χ2v) is 8.09. The van der Waals surface area contributed by atoms with Gasteiger partial charge < -0.3 is 19.7 Å². The van der Waals surface area contributed by atoms with E-state index in [2.05, 4.69) is 10.2 Å². The predicted molar refractivity (Wildman–Crippen MR) is 107 cm³/mol. The molecule has 1 N–H and O–H groups in total. The third-order valence-electron chi connectivity index (χ3n) is 4.69. The average Bonchev–Trinajstić information content (AvgIpc) is 2.93. The summed E-state index contributed by atoms with van der Waals surface area (Å²) in [6.45, 7) is 6.17. The Hall–Kier alpha value is -1.40. The minimum atomic E-state index is -0.147. The van der Waals surface area contributed by atoms with Gasteiger partial charge in [-0.25, -0.2) is 0 Å². The minimum absolute atomic E-state index is 0.0839. The molecular weight excluding hydrogens is 348 g/mol. The van der Waals surface area contributed by atoms with Crippen molar-refractivity contribution >= 4 is 17.7 Å². The van der Waals surface area contributed by atoms with E-state index in [9.17, 15) is 4.79 Å². The average molecular weight is 381 g/mol. The van der Waals surface area contributed by atoms with Crippen molar-refractivity contribution in [3.05, 3.63) is 18.2 Å². The van der Waals surface area contributed by atoms with E-state index < -0.39 is 0 Å². The quantitative estimate of drug-likeness (QED) is 0.524. The predicted octanol–water partition coefficient (Wildman–Crippen LogP) is 3.57. The Kier molecular flexibility index (Phi) is 9.12. The van der Waals surface area contributed by atoms with E-state index >= 15 is 0 Å². The summed E-state index contributed by atoms with van der Waals surface area (Å²) in [6.07, 6.45) is 6.35. The van der Waals surface area contributed by atoms with Crippen LogP contribution in [0.25, 0.3) is 0 Å². The Morgan fingerprint density at radius 3 is 2.50 bits per heavy atom. The van der Waals surface area contributed by atoms with Gasteiger partial charge in [0.15, 0.2) is 11.5 Å². The first-order chi connectivity index (χ1) is 12.6. The first-order valence-corrected chi connectivity index (χ1v) is 10.4. The van der Waals surface area contributed by atoms with Gasteiger partial charge in [0.25, 0.3) is 0 Å². The van der Waals surface area contributed by atoms with Crippen LogP contribution in [-0.2, 0) is 4.79 Å². The Labute approximate surface area is 161 Å². The van der Waals surface area contributed by atoms with Crippen molar-refractivity contribution in [1.82, 2.24) is 10.2 Å². The van der Waals surface area contributed by atoms with Crippen molar-refractivity contribution in [2.75, 3.05) is 40.4 Å². The minimum Gasteiger partial charge on any atom is -0.493 e. The molecule has 6 heteroatoms. The molecule has 0 spiro atoms. The lowest BCUT2D eigenvalue weighted by Crippen LogP contribution is -2.34. The zero-order valence-corrected chi connectivity index (χ0v) is 17.1. The zero-order chi connectivity index (χ0) is 18.8. The highest BCUT2D eigenvalue weighted by molar-refractivity contribution is 8.00. The van der Waals surface area contributed by atoms with E-state index in [0.717, 1.165) is 24.4 Å². The molecule has 0 saturated carbocycles. The molecule has 0 radical (unpaired) electrons. The standard InChI is InChI=1S/C20H32N2O3S/c1-16(26-17-9-10-18(24-2)19(15-17)25-3)20(23)21-11-8-14-22-12-6-4-5-7-13-22/h9-10,15-16H,4-8,11-14H2,1-3H3,(H,21,23)/t16-/m0/s1. The molecule has 146 valence electrons. The largest absolute Gasteiger partial charge is 0.493 e. The van der Waals surface area contributed by atoms with E-state index in [1.807, 2.05) is 25.1 Å². The van der Waals surface area contributed by atoms with Gasteiger partial charge in [-0.2, -0.15) is 0 Å². The first-order valence-electron chi connectivity index (χ1n) is 9.52. The molecule has 1 atom stereocenters. The van der Waals surface area contributed by atoms with Crippen molar-refractivity contribution in [2.45, 2.75) is 49.2 Å². The smallest absolute Gasteiger partial charge is 0.233 e. The van der Waals surface area contributed by atoms with Gasteiger partial charge in [0.2, 0.25) is 5.91 Å². The van der Waals surface area contributed by atoms with Gasteiger partial charge in [-0.05, 0) is 64.0 Å². The van der Waals surface area contributed by atoms with Crippen LogP contribution >= 0.6 is 11.8 Å². The van der Waals surface area contributed by atoms with Gasteiger partial charge in [-0.1, -0.05) is 12.8 Å². The summed E-state index contributed by atoms with van der Waals surface area (Å²) in [5.41, 5.74) is 0. The maximum atomic E-state index is 12.3. The number of thioether (sulfide) groups is 1. The summed E-state index contributed by atoms with van der Waals surface area (Å²) in [5, 5.41) is 2.92. The number of ether oxygens (including phenoxy) is 2. The van der Waals surface area contributed by atoms with E-state index in [-0.39, 0.29) is 11.2 Å². The molecule has 1 aliphatic heterocycles. The van der Waals surface area contributed by atoms with Crippen LogP contribution in [0, 0.1) is 0 Å². The van der Waals surface area contributed by atoms with E-state index in [1.54, 1.807) is 14.2 Å².